The molecule has 1 aromatic heterocycles. The number of aryl methyl sites for hydroxylation is 1. The first-order valence-electron chi connectivity index (χ1n) is 12.1. The van der Waals surface area contributed by atoms with Crippen molar-refractivity contribution in [3.63, 3.8) is 0 Å². The zero-order valence-electron chi connectivity index (χ0n) is 20.5. The van der Waals surface area contributed by atoms with Crippen molar-refractivity contribution in [2.24, 2.45) is 0 Å². The van der Waals surface area contributed by atoms with Crippen molar-refractivity contribution in [3.8, 4) is 5.75 Å². The maximum atomic E-state index is 13.0. The summed E-state index contributed by atoms with van der Waals surface area (Å²) >= 11 is 0. The summed E-state index contributed by atoms with van der Waals surface area (Å²) < 4.78 is 28.7. The van der Waals surface area contributed by atoms with Crippen molar-refractivity contribution in [3.05, 3.63) is 95.7 Å². The highest BCUT2D eigenvalue weighted by molar-refractivity contribution is 7.93. The van der Waals surface area contributed by atoms with Gasteiger partial charge in [0.05, 0.1) is 5.52 Å². The third kappa shape index (κ3) is 5.42. The van der Waals surface area contributed by atoms with Gasteiger partial charge in [-0.15, -0.1) is 0 Å². The van der Waals surface area contributed by atoms with Gasteiger partial charge in [-0.3, -0.25) is 19.4 Å². The maximum Gasteiger partial charge on any atom is 0.264 e. The van der Waals surface area contributed by atoms with Crippen molar-refractivity contribution < 1.29 is 18.3 Å². The van der Waals surface area contributed by atoms with E-state index in [2.05, 4.69) is 14.6 Å². The number of phenols is 1. The van der Waals surface area contributed by atoms with Crippen molar-refractivity contribution >= 4 is 32.5 Å². The van der Waals surface area contributed by atoms with E-state index >= 15 is 0 Å². The van der Waals surface area contributed by atoms with Gasteiger partial charge in [-0.05, 0) is 49.4 Å². The molecule has 4 aromatic rings. The summed E-state index contributed by atoms with van der Waals surface area (Å²) in [5.41, 5.74) is 3.26. The van der Waals surface area contributed by atoms with Gasteiger partial charge in [0, 0.05) is 61.1 Å². The monoisotopic (exact) mass is 516 g/mol. The third-order valence-electron chi connectivity index (χ3n) is 6.56. The van der Waals surface area contributed by atoms with E-state index in [0.29, 0.717) is 49.5 Å². The summed E-state index contributed by atoms with van der Waals surface area (Å²) in [7, 11) is -3.86. The lowest BCUT2D eigenvalue weighted by atomic mass is 10.1. The summed E-state index contributed by atoms with van der Waals surface area (Å²) in [6, 6.07) is 20.6. The van der Waals surface area contributed by atoms with Crippen LogP contribution in [-0.2, 0) is 16.6 Å². The Kier molecular flexibility index (Phi) is 6.82. The number of nitrogens with one attached hydrogen (secondary N) is 1. The molecule has 1 amide bonds. The molecule has 1 fully saturated rings. The number of benzene rings is 3. The van der Waals surface area contributed by atoms with Crippen LogP contribution in [0.4, 0.5) is 5.69 Å². The first kappa shape index (κ1) is 24.7. The number of rotatable bonds is 6. The van der Waals surface area contributed by atoms with Crippen LogP contribution in [0.15, 0.2) is 83.9 Å². The molecule has 0 atom stereocenters. The lowest BCUT2D eigenvalue weighted by molar-refractivity contribution is 0.0627. The van der Waals surface area contributed by atoms with Gasteiger partial charge in [-0.2, -0.15) is 0 Å². The number of hydrogen-bond donors (Lipinski definition) is 2. The second-order valence-electron chi connectivity index (χ2n) is 9.21. The van der Waals surface area contributed by atoms with Crippen LogP contribution in [0.5, 0.6) is 5.75 Å². The van der Waals surface area contributed by atoms with Gasteiger partial charge in [0.25, 0.3) is 15.9 Å². The molecule has 5 rings (SSSR count). The van der Waals surface area contributed by atoms with Crippen LogP contribution in [0.25, 0.3) is 10.9 Å². The molecule has 0 saturated carbocycles. The van der Waals surface area contributed by atoms with Crippen LogP contribution >= 0.6 is 0 Å². The van der Waals surface area contributed by atoms with Crippen LogP contribution in [-0.4, -0.2) is 60.4 Å². The standard InChI is InChI=1S/C28H28N4O4S/c1-20-7-12-25(33)23(18-20)19-31-14-16-32(17-15-31)28(34)22-8-10-24(11-9-22)30-37(35,36)26-6-2-4-21-5-3-13-29-27(21)26/h2-13,18,30,33H,14-17,19H2,1H3. The molecule has 1 aliphatic heterocycles. The number of anilines is 1. The fourth-order valence-electron chi connectivity index (χ4n) is 4.56. The lowest BCUT2D eigenvalue weighted by Crippen LogP contribution is -2.48. The van der Waals surface area contributed by atoms with Crippen molar-refractivity contribution in [1.29, 1.82) is 0 Å². The quantitative estimate of drug-likeness (QED) is 0.402. The smallest absolute Gasteiger partial charge is 0.264 e. The number of sulfonamides is 1. The second kappa shape index (κ2) is 10.2. The van der Waals surface area contributed by atoms with E-state index in [1.165, 1.54) is 6.07 Å². The normalized spacial score (nSPS) is 14.6. The highest BCUT2D eigenvalue weighted by Gasteiger charge is 2.23. The minimum Gasteiger partial charge on any atom is -0.508 e. The fraction of sp³-hybridized carbons (Fsp3) is 0.214. The predicted octanol–water partition coefficient (Wildman–Crippen LogP) is 4.01. The van der Waals surface area contributed by atoms with Crippen molar-refractivity contribution in [2.75, 3.05) is 30.9 Å². The minimum atomic E-state index is -3.86. The number of phenolic OH excluding ortho intramolecular Hbond substituents is 1. The molecule has 190 valence electrons. The number of para-hydroxylation sites is 1. The largest absolute Gasteiger partial charge is 0.508 e. The average Bonchev–Trinajstić information content (AvgIpc) is 2.91. The molecule has 37 heavy (non-hydrogen) atoms. The Labute approximate surface area is 216 Å². The number of carbonyl (C=O) groups excluding carboxylic acids is 1. The van der Waals surface area contributed by atoms with Gasteiger partial charge in [0.2, 0.25) is 0 Å². The molecule has 3 aromatic carbocycles. The number of aromatic nitrogens is 1. The summed E-state index contributed by atoms with van der Waals surface area (Å²) in [4.78, 5) is 21.4. The molecule has 0 aliphatic carbocycles. The predicted molar refractivity (Wildman–Crippen MR) is 143 cm³/mol. The van der Waals surface area contributed by atoms with E-state index in [4.69, 9.17) is 0 Å². The second-order valence-corrected chi connectivity index (χ2v) is 10.9. The molecule has 8 nitrogen and oxygen atoms in total. The zero-order chi connectivity index (χ0) is 26.0. The first-order valence-corrected chi connectivity index (χ1v) is 13.6. The number of carbonyl (C=O) groups is 1. The number of amides is 1. The van der Waals surface area contributed by atoms with E-state index in [1.807, 2.05) is 31.2 Å². The van der Waals surface area contributed by atoms with Crippen LogP contribution in [0.3, 0.4) is 0 Å². The molecular weight excluding hydrogens is 488 g/mol. The molecule has 0 spiro atoms. The highest BCUT2D eigenvalue weighted by Crippen LogP contribution is 2.24. The van der Waals surface area contributed by atoms with Gasteiger partial charge in [0.15, 0.2) is 0 Å². The summed E-state index contributed by atoms with van der Waals surface area (Å²) in [5, 5.41) is 10.9. The SMILES string of the molecule is Cc1ccc(O)c(CN2CCN(C(=O)c3ccc(NS(=O)(=O)c4cccc5cccnc45)cc3)CC2)c1. The Hall–Kier alpha value is -3.95. The fourth-order valence-corrected chi connectivity index (χ4v) is 5.80. The average molecular weight is 517 g/mol. The molecule has 9 heteroatoms. The van der Waals surface area contributed by atoms with Gasteiger partial charge >= 0.3 is 0 Å². The van der Waals surface area contributed by atoms with E-state index in [9.17, 15) is 18.3 Å². The Morgan fingerprint density at radius 3 is 2.46 bits per heavy atom. The maximum absolute atomic E-state index is 13.0. The number of nitrogens with zero attached hydrogens (tertiary/aromatic N) is 3. The van der Waals surface area contributed by atoms with E-state index in [0.717, 1.165) is 16.5 Å². The Morgan fingerprint density at radius 2 is 1.70 bits per heavy atom. The Bertz CT molecular complexity index is 1540. The van der Waals surface area contributed by atoms with E-state index < -0.39 is 10.0 Å². The van der Waals surface area contributed by atoms with Crippen LogP contribution in [0.2, 0.25) is 0 Å². The van der Waals surface area contributed by atoms with Crippen molar-refractivity contribution in [1.82, 2.24) is 14.8 Å². The molecule has 2 heterocycles. The first-order chi connectivity index (χ1) is 17.8. The topological polar surface area (TPSA) is 103 Å². The molecule has 0 unspecified atom stereocenters. The minimum absolute atomic E-state index is 0.0919. The molecular formula is C28H28N4O4S. The van der Waals surface area contributed by atoms with Crippen LogP contribution < -0.4 is 4.72 Å². The van der Waals surface area contributed by atoms with E-state index in [1.54, 1.807) is 53.6 Å². The number of hydrogen-bond acceptors (Lipinski definition) is 6. The number of fused-ring (bicyclic) bond motifs is 1. The summed E-state index contributed by atoms with van der Waals surface area (Å²) in [6.07, 6.45) is 1.56. The highest BCUT2D eigenvalue weighted by atomic mass is 32.2. The third-order valence-corrected chi connectivity index (χ3v) is 7.97. The number of pyridine rings is 1. The lowest BCUT2D eigenvalue weighted by Gasteiger charge is -2.35. The van der Waals surface area contributed by atoms with Gasteiger partial charge in [0.1, 0.15) is 10.6 Å². The van der Waals surface area contributed by atoms with Gasteiger partial charge in [-0.1, -0.05) is 35.9 Å². The summed E-state index contributed by atoms with van der Waals surface area (Å²) in [5.74, 6) is 0.197. The van der Waals surface area contributed by atoms with Crippen molar-refractivity contribution in [2.45, 2.75) is 18.4 Å². The molecule has 1 aliphatic rings. The summed E-state index contributed by atoms with van der Waals surface area (Å²) in [6.45, 7) is 5.20. The molecule has 0 radical (unpaired) electrons. The number of piperazine rings is 1. The van der Waals surface area contributed by atoms with Crippen LogP contribution in [0.1, 0.15) is 21.5 Å². The Morgan fingerprint density at radius 1 is 0.973 bits per heavy atom. The zero-order valence-corrected chi connectivity index (χ0v) is 21.3. The van der Waals surface area contributed by atoms with Gasteiger partial charge < -0.3 is 10.0 Å². The number of aromatic hydroxyl groups is 1. The Balaban J connectivity index is 1.21. The molecule has 1 saturated heterocycles. The molecule has 2 N–H and O–H groups in total. The van der Waals surface area contributed by atoms with Gasteiger partial charge in [-0.25, -0.2) is 8.42 Å². The van der Waals surface area contributed by atoms with Crippen LogP contribution in [0, 0.1) is 6.92 Å². The molecule has 0 bridgehead atoms. The van der Waals surface area contributed by atoms with E-state index in [-0.39, 0.29) is 16.6 Å².